The lowest BCUT2D eigenvalue weighted by Gasteiger charge is -2.15. The quantitative estimate of drug-likeness (QED) is 0.522. The van der Waals surface area contributed by atoms with Crippen molar-refractivity contribution in [2.45, 2.75) is 32.4 Å². The molecule has 10 nitrogen and oxygen atoms in total. The maximum Gasteiger partial charge on any atom is 0.422 e. The average molecular weight is 320 g/mol. The van der Waals surface area contributed by atoms with Crippen LogP contribution in [0.3, 0.4) is 0 Å². The van der Waals surface area contributed by atoms with Crippen LogP contribution in [0.15, 0.2) is 12.5 Å². The Labute approximate surface area is 121 Å². The van der Waals surface area contributed by atoms with E-state index in [1.165, 1.54) is 26.4 Å². The third-order valence-electron chi connectivity index (χ3n) is 2.13. The number of rotatable bonds is 7. The number of nitrogens with one attached hydrogen (secondary N) is 3. The Hall–Kier alpha value is -2.14. The molecule has 1 heterocycles. The molecular weight excluding hydrogens is 304 g/mol. The standard InChI is InChI=1S/C10H16N4O6S/c1-6(2)20-10(17)14-21(18,19)13-8(9(15)16)3-7-4-11-5-12-7/h4-6,8,13H,3H2,1-2H3,(H,11,12)(H,14,17)(H,15,16)/t8-/m1/s1. The number of hydrogen-bond acceptors (Lipinski definition) is 6. The zero-order chi connectivity index (χ0) is 16.0. The molecule has 118 valence electrons. The van der Waals surface area contributed by atoms with Crippen LogP contribution in [0.4, 0.5) is 4.79 Å². The second-order valence-electron chi connectivity index (χ2n) is 4.35. The molecule has 0 unspecified atom stereocenters. The van der Waals surface area contributed by atoms with E-state index in [0.29, 0.717) is 5.69 Å². The number of amides is 1. The molecule has 0 saturated heterocycles. The van der Waals surface area contributed by atoms with Gasteiger partial charge in [-0.2, -0.15) is 13.1 Å². The van der Waals surface area contributed by atoms with Crippen LogP contribution in [0.2, 0.25) is 0 Å². The van der Waals surface area contributed by atoms with Gasteiger partial charge < -0.3 is 14.8 Å². The van der Waals surface area contributed by atoms with Crippen LogP contribution < -0.4 is 9.44 Å². The summed E-state index contributed by atoms with van der Waals surface area (Å²) in [4.78, 5) is 28.6. The number of carboxylic acids is 1. The predicted octanol–water partition coefficient (Wildman–Crippen LogP) is -0.626. The summed E-state index contributed by atoms with van der Waals surface area (Å²) < 4.78 is 31.3. The fourth-order valence-electron chi connectivity index (χ4n) is 1.36. The summed E-state index contributed by atoms with van der Waals surface area (Å²) in [5.41, 5.74) is 0.426. The predicted molar refractivity (Wildman–Crippen MR) is 70.5 cm³/mol. The van der Waals surface area contributed by atoms with Crippen molar-refractivity contribution in [1.29, 1.82) is 0 Å². The number of ether oxygens (including phenoxy) is 1. The van der Waals surface area contributed by atoms with Crippen LogP contribution in [0, 0.1) is 0 Å². The molecule has 0 aromatic carbocycles. The number of carbonyl (C=O) groups is 2. The Morgan fingerprint density at radius 3 is 2.62 bits per heavy atom. The van der Waals surface area contributed by atoms with Crippen molar-refractivity contribution in [3.63, 3.8) is 0 Å². The first-order valence-corrected chi connectivity index (χ1v) is 7.38. The summed E-state index contributed by atoms with van der Waals surface area (Å²) in [6.07, 6.45) is 0.838. The molecule has 0 aliphatic rings. The molecule has 1 aromatic heterocycles. The fraction of sp³-hybridized carbons (Fsp3) is 0.500. The van der Waals surface area contributed by atoms with Gasteiger partial charge in [-0.25, -0.2) is 14.5 Å². The highest BCUT2D eigenvalue weighted by atomic mass is 32.2. The van der Waals surface area contributed by atoms with Crippen LogP contribution in [0.5, 0.6) is 0 Å². The van der Waals surface area contributed by atoms with Gasteiger partial charge in [0, 0.05) is 18.3 Å². The molecule has 1 atom stereocenters. The number of carboxylic acid groups (broad SMARTS) is 1. The summed E-state index contributed by atoms with van der Waals surface area (Å²) in [7, 11) is -4.36. The van der Waals surface area contributed by atoms with Gasteiger partial charge >= 0.3 is 22.3 Å². The Kier molecular flexibility index (Phi) is 5.67. The number of hydrogen-bond donors (Lipinski definition) is 4. The minimum absolute atomic E-state index is 0.157. The van der Waals surface area contributed by atoms with Gasteiger partial charge in [0.15, 0.2) is 0 Å². The van der Waals surface area contributed by atoms with Crippen molar-refractivity contribution in [1.82, 2.24) is 19.4 Å². The Bertz CT molecular complexity index is 583. The first kappa shape index (κ1) is 16.9. The maximum absolute atomic E-state index is 11.7. The van der Waals surface area contributed by atoms with E-state index in [0.717, 1.165) is 0 Å². The summed E-state index contributed by atoms with van der Waals surface area (Å²) in [5, 5.41) is 9.01. The molecule has 0 bridgehead atoms. The molecule has 0 aliphatic heterocycles. The summed E-state index contributed by atoms with van der Waals surface area (Å²) in [5.74, 6) is -1.40. The SMILES string of the molecule is CC(C)OC(=O)NS(=O)(=O)N[C@H](Cc1cnc[nH]1)C(=O)O. The van der Waals surface area contributed by atoms with Gasteiger partial charge in [-0.3, -0.25) is 4.79 Å². The lowest BCUT2D eigenvalue weighted by atomic mass is 10.2. The van der Waals surface area contributed by atoms with E-state index in [-0.39, 0.29) is 6.42 Å². The Morgan fingerprint density at radius 1 is 1.48 bits per heavy atom. The van der Waals surface area contributed by atoms with Crippen LogP contribution in [-0.4, -0.2) is 47.7 Å². The van der Waals surface area contributed by atoms with Gasteiger partial charge in [0.25, 0.3) is 0 Å². The number of aromatic amines is 1. The zero-order valence-corrected chi connectivity index (χ0v) is 12.2. The number of aromatic nitrogens is 2. The highest BCUT2D eigenvalue weighted by Crippen LogP contribution is 2.00. The monoisotopic (exact) mass is 320 g/mol. The molecule has 0 radical (unpaired) electrons. The van der Waals surface area contributed by atoms with Gasteiger partial charge in [-0.1, -0.05) is 0 Å². The van der Waals surface area contributed by atoms with Crippen LogP contribution in [0.25, 0.3) is 0 Å². The van der Waals surface area contributed by atoms with E-state index in [2.05, 4.69) is 14.7 Å². The smallest absolute Gasteiger partial charge is 0.422 e. The highest BCUT2D eigenvalue weighted by molar-refractivity contribution is 7.88. The molecule has 0 fully saturated rings. The summed E-state index contributed by atoms with van der Waals surface area (Å²) in [6.45, 7) is 3.08. The van der Waals surface area contributed by atoms with E-state index in [1.54, 1.807) is 4.72 Å². The number of nitrogens with zero attached hydrogens (tertiary/aromatic N) is 1. The largest absolute Gasteiger partial charge is 0.480 e. The molecule has 0 aliphatic carbocycles. The molecular formula is C10H16N4O6S. The average Bonchev–Trinajstić information content (AvgIpc) is 2.78. The molecule has 0 spiro atoms. The fourth-order valence-corrected chi connectivity index (χ4v) is 2.25. The van der Waals surface area contributed by atoms with Crippen molar-refractivity contribution < 1.29 is 27.9 Å². The van der Waals surface area contributed by atoms with Gasteiger partial charge in [0.1, 0.15) is 6.04 Å². The summed E-state index contributed by atoms with van der Waals surface area (Å²) >= 11 is 0. The summed E-state index contributed by atoms with van der Waals surface area (Å²) in [6, 6.07) is -1.46. The van der Waals surface area contributed by atoms with Crippen LogP contribution in [-0.2, 0) is 26.2 Å². The normalized spacial score (nSPS) is 12.9. The third-order valence-corrected chi connectivity index (χ3v) is 3.17. The van der Waals surface area contributed by atoms with Gasteiger partial charge in [-0.05, 0) is 13.8 Å². The number of carbonyl (C=O) groups excluding carboxylic acids is 1. The molecule has 1 amide bonds. The van der Waals surface area contributed by atoms with E-state index < -0.39 is 34.4 Å². The van der Waals surface area contributed by atoms with Crippen molar-refractivity contribution in [3.05, 3.63) is 18.2 Å². The number of aliphatic carboxylic acids is 1. The Morgan fingerprint density at radius 2 is 2.14 bits per heavy atom. The topological polar surface area (TPSA) is 150 Å². The number of H-pyrrole nitrogens is 1. The number of imidazole rings is 1. The highest BCUT2D eigenvalue weighted by Gasteiger charge is 2.26. The van der Waals surface area contributed by atoms with Crippen molar-refractivity contribution in [3.8, 4) is 0 Å². The Balaban J connectivity index is 2.69. The van der Waals surface area contributed by atoms with E-state index in [4.69, 9.17) is 5.11 Å². The van der Waals surface area contributed by atoms with E-state index in [9.17, 15) is 18.0 Å². The van der Waals surface area contributed by atoms with Crippen molar-refractivity contribution in [2.75, 3.05) is 0 Å². The van der Waals surface area contributed by atoms with Gasteiger partial charge in [-0.15, -0.1) is 0 Å². The van der Waals surface area contributed by atoms with E-state index in [1.807, 2.05) is 4.72 Å². The van der Waals surface area contributed by atoms with Gasteiger partial charge in [0.05, 0.1) is 12.4 Å². The lowest BCUT2D eigenvalue weighted by Crippen LogP contribution is -2.49. The molecule has 0 saturated carbocycles. The minimum atomic E-state index is -4.36. The molecule has 11 heteroatoms. The zero-order valence-electron chi connectivity index (χ0n) is 11.4. The molecule has 21 heavy (non-hydrogen) atoms. The van der Waals surface area contributed by atoms with Crippen molar-refractivity contribution in [2.24, 2.45) is 0 Å². The second kappa shape index (κ2) is 7.04. The lowest BCUT2D eigenvalue weighted by molar-refractivity contribution is -0.138. The third kappa shape index (κ3) is 6.23. The maximum atomic E-state index is 11.7. The first-order chi connectivity index (χ1) is 9.69. The molecule has 1 aromatic rings. The van der Waals surface area contributed by atoms with Crippen LogP contribution >= 0.6 is 0 Å². The van der Waals surface area contributed by atoms with Crippen molar-refractivity contribution >= 4 is 22.3 Å². The van der Waals surface area contributed by atoms with Crippen LogP contribution in [0.1, 0.15) is 19.5 Å². The first-order valence-electron chi connectivity index (χ1n) is 5.90. The second-order valence-corrected chi connectivity index (χ2v) is 5.80. The van der Waals surface area contributed by atoms with Gasteiger partial charge in [0.2, 0.25) is 0 Å². The molecule has 1 rings (SSSR count). The molecule has 4 N–H and O–H groups in total. The van der Waals surface area contributed by atoms with E-state index >= 15 is 0 Å². The minimum Gasteiger partial charge on any atom is -0.480 e.